The Balaban J connectivity index is 1.28. The lowest BCUT2D eigenvalue weighted by Gasteiger charge is -2.35. The predicted octanol–water partition coefficient (Wildman–Crippen LogP) is 4.01. The van der Waals surface area contributed by atoms with E-state index in [0.717, 1.165) is 17.4 Å². The number of amides is 1. The van der Waals surface area contributed by atoms with E-state index < -0.39 is 32.8 Å². The van der Waals surface area contributed by atoms with Gasteiger partial charge in [-0.25, -0.2) is 17.6 Å². The Bertz CT molecular complexity index is 1850. The predicted molar refractivity (Wildman–Crippen MR) is 159 cm³/mol. The molecule has 14 heteroatoms. The van der Waals surface area contributed by atoms with E-state index in [4.69, 9.17) is 11.6 Å². The summed E-state index contributed by atoms with van der Waals surface area (Å²) in [5.41, 5.74) is -0.154. The van der Waals surface area contributed by atoms with E-state index in [0.29, 0.717) is 27.5 Å². The van der Waals surface area contributed by atoms with Gasteiger partial charge in [0, 0.05) is 59.8 Å². The summed E-state index contributed by atoms with van der Waals surface area (Å²) in [6.45, 7) is 2.94. The van der Waals surface area contributed by atoms with Gasteiger partial charge in [0.2, 0.25) is 5.43 Å². The molecule has 0 aliphatic carbocycles. The lowest BCUT2D eigenvalue weighted by Crippen LogP contribution is -2.48. The average Bonchev–Trinajstić information content (AvgIpc) is 3.46. The van der Waals surface area contributed by atoms with E-state index in [1.165, 1.54) is 22.6 Å². The summed E-state index contributed by atoms with van der Waals surface area (Å²) in [4.78, 5) is 38.9. The van der Waals surface area contributed by atoms with Crippen molar-refractivity contribution in [2.24, 2.45) is 0 Å². The molecule has 1 saturated heterocycles. The van der Waals surface area contributed by atoms with Crippen LogP contribution in [0.5, 0.6) is 0 Å². The number of pyridine rings is 1. The quantitative estimate of drug-likeness (QED) is 0.300. The van der Waals surface area contributed by atoms with Crippen LogP contribution in [0.25, 0.3) is 10.9 Å². The smallest absolute Gasteiger partial charge is 0.341 e. The molecule has 0 unspecified atom stereocenters. The van der Waals surface area contributed by atoms with Crippen LogP contribution in [0.3, 0.4) is 0 Å². The van der Waals surface area contributed by atoms with Crippen molar-refractivity contribution >= 4 is 61.4 Å². The van der Waals surface area contributed by atoms with Gasteiger partial charge in [-0.2, -0.15) is 4.31 Å². The number of fused-ring (bicyclic) bond motifs is 1. The molecule has 4 aromatic rings. The summed E-state index contributed by atoms with van der Waals surface area (Å²) in [6.07, 6.45) is 1.25. The maximum absolute atomic E-state index is 15.2. The molecule has 2 N–H and O–H groups in total. The highest BCUT2D eigenvalue weighted by molar-refractivity contribution is 7.91. The number of carbonyl (C=O) groups is 2. The van der Waals surface area contributed by atoms with E-state index >= 15 is 4.39 Å². The Hall–Kier alpha value is -3.78. The number of piperazine rings is 1. The molecule has 0 radical (unpaired) electrons. The van der Waals surface area contributed by atoms with Crippen molar-refractivity contribution in [2.75, 3.05) is 31.1 Å². The van der Waals surface area contributed by atoms with Crippen LogP contribution in [0.4, 0.5) is 10.1 Å². The Morgan fingerprint density at radius 3 is 2.40 bits per heavy atom. The van der Waals surface area contributed by atoms with Crippen molar-refractivity contribution < 1.29 is 27.5 Å². The molecule has 2 aromatic carbocycles. The van der Waals surface area contributed by atoms with E-state index in [9.17, 15) is 27.9 Å². The number of carbonyl (C=O) groups excluding carboxylic acids is 1. The number of benzene rings is 2. The Labute approximate surface area is 249 Å². The number of thiophene rings is 1. The molecule has 0 spiro atoms. The molecule has 10 nitrogen and oxygen atoms in total. The summed E-state index contributed by atoms with van der Waals surface area (Å²) < 4.78 is 45.0. The van der Waals surface area contributed by atoms with Crippen LogP contribution in [0.2, 0.25) is 5.02 Å². The molecule has 0 bridgehead atoms. The highest BCUT2D eigenvalue weighted by Crippen LogP contribution is 2.29. The van der Waals surface area contributed by atoms with Crippen molar-refractivity contribution in [2.45, 2.75) is 24.2 Å². The highest BCUT2D eigenvalue weighted by atomic mass is 35.5. The Morgan fingerprint density at radius 2 is 1.76 bits per heavy atom. The van der Waals surface area contributed by atoms with Gasteiger partial charge in [-0.05, 0) is 55.5 Å². The van der Waals surface area contributed by atoms with Crippen molar-refractivity contribution in [3.05, 3.63) is 91.8 Å². The molecule has 1 aliphatic rings. The molecule has 3 heterocycles. The topological polar surface area (TPSA) is 129 Å². The zero-order valence-corrected chi connectivity index (χ0v) is 24.7. The van der Waals surface area contributed by atoms with Gasteiger partial charge >= 0.3 is 5.97 Å². The largest absolute Gasteiger partial charge is 0.477 e. The lowest BCUT2D eigenvalue weighted by molar-refractivity contribution is 0.0694. The first-order chi connectivity index (χ1) is 20.0. The number of sulfonamides is 1. The second-order valence-electron chi connectivity index (χ2n) is 9.59. The summed E-state index contributed by atoms with van der Waals surface area (Å²) in [5, 5.41) is 12.6. The fourth-order valence-corrected chi connectivity index (χ4v) is 7.81. The lowest BCUT2D eigenvalue weighted by atomic mass is 10.1. The van der Waals surface area contributed by atoms with E-state index in [1.807, 2.05) is 0 Å². The molecule has 0 saturated carbocycles. The van der Waals surface area contributed by atoms with Gasteiger partial charge in [-0.3, -0.25) is 9.59 Å². The van der Waals surface area contributed by atoms with Crippen molar-refractivity contribution in [1.29, 1.82) is 0 Å². The molecule has 1 fully saturated rings. The minimum atomic E-state index is -3.81. The summed E-state index contributed by atoms with van der Waals surface area (Å²) in [6, 6.07) is 12.1. The molecule has 42 heavy (non-hydrogen) atoms. The van der Waals surface area contributed by atoms with Crippen LogP contribution in [0.1, 0.15) is 32.5 Å². The number of aromatic nitrogens is 1. The molecule has 2 aromatic heterocycles. The van der Waals surface area contributed by atoms with E-state index in [2.05, 4.69) is 5.32 Å². The van der Waals surface area contributed by atoms with Crippen LogP contribution < -0.4 is 15.6 Å². The third-order valence-corrected chi connectivity index (χ3v) is 10.8. The first kappa shape index (κ1) is 29.7. The van der Waals surface area contributed by atoms with Gasteiger partial charge < -0.3 is 19.9 Å². The molecule has 1 aliphatic heterocycles. The van der Waals surface area contributed by atoms with Gasteiger partial charge in [0.15, 0.2) is 0 Å². The van der Waals surface area contributed by atoms with Crippen LogP contribution in [-0.4, -0.2) is 60.5 Å². The SMILES string of the molecule is CCn1cc(C(=O)O)c(=O)c2cc(F)c(N3CCN(S(=O)(=O)c4ccc(CNC(=O)c5ccc(Cl)cc5)s4)CC3)cc21. The summed E-state index contributed by atoms with van der Waals surface area (Å²) in [5.74, 6) is -2.38. The van der Waals surface area contributed by atoms with Crippen LogP contribution in [0, 0.1) is 5.82 Å². The fraction of sp³-hybridized carbons (Fsp3) is 0.250. The van der Waals surface area contributed by atoms with Gasteiger partial charge in [-0.15, -0.1) is 11.3 Å². The highest BCUT2D eigenvalue weighted by Gasteiger charge is 2.31. The molecule has 220 valence electrons. The fourth-order valence-electron chi connectivity index (χ4n) is 4.81. The molecule has 1 amide bonds. The number of hydrogen-bond donors (Lipinski definition) is 2. The van der Waals surface area contributed by atoms with Gasteiger partial charge in [-0.1, -0.05) is 11.6 Å². The number of nitrogens with zero attached hydrogens (tertiary/aromatic N) is 3. The number of halogens is 2. The van der Waals surface area contributed by atoms with Crippen LogP contribution in [-0.2, 0) is 23.1 Å². The van der Waals surface area contributed by atoms with Crippen molar-refractivity contribution in [3.63, 3.8) is 0 Å². The normalized spacial score (nSPS) is 14.3. The summed E-state index contributed by atoms with van der Waals surface area (Å²) in [7, 11) is -3.81. The standard InChI is InChI=1S/C28H26ClFN4O6S2/c1-2-32-16-21(28(37)38)26(35)20-13-22(30)24(14-23(20)32)33-9-11-34(12-10-33)42(39,40)25-8-7-19(41-25)15-31-27(36)17-3-5-18(29)6-4-17/h3-8,13-14,16H,2,9-12,15H2,1H3,(H,31,36)(H,37,38). The second kappa shape index (κ2) is 11.8. The van der Waals surface area contributed by atoms with Gasteiger partial charge in [0.1, 0.15) is 15.6 Å². The first-order valence-electron chi connectivity index (χ1n) is 13.0. The average molecular weight is 633 g/mol. The zero-order valence-electron chi connectivity index (χ0n) is 22.3. The number of rotatable bonds is 8. The molecular formula is C28H26ClFN4O6S2. The number of aromatic carboxylic acids is 1. The summed E-state index contributed by atoms with van der Waals surface area (Å²) >= 11 is 6.93. The van der Waals surface area contributed by atoms with Crippen LogP contribution in [0.15, 0.2) is 63.7 Å². The minimum absolute atomic E-state index is 0.0305. The number of carboxylic acids is 1. The first-order valence-corrected chi connectivity index (χ1v) is 15.6. The second-order valence-corrected chi connectivity index (χ2v) is 13.4. The zero-order chi connectivity index (χ0) is 30.2. The molecule has 5 rings (SSSR count). The van der Waals surface area contributed by atoms with Crippen molar-refractivity contribution in [1.82, 2.24) is 14.2 Å². The van der Waals surface area contributed by atoms with Crippen LogP contribution >= 0.6 is 22.9 Å². The van der Waals surface area contributed by atoms with E-state index in [-0.39, 0.29) is 53.9 Å². The maximum atomic E-state index is 15.2. The number of hydrogen-bond acceptors (Lipinski definition) is 7. The third-order valence-electron chi connectivity index (χ3n) is 7.06. The van der Waals surface area contributed by atoms with E-state index in [1.54, 1.807) is 46.7 Å². The van der Waals surface area contributed by atoms with Gasteiger partial charge in [0.05, 0.1) is 17.7 Å². The molecular weight excluding hydrogens is 607 g/mol. The van der Waals surface area contributed by atoms with Crippen molar-refractivity contribution in [3.8, 4) is 0 Å². The Morgan fingerprint density at radius 1 is 1.07 bits per heavy atom. The molecule has 0 atom stereocenters. The number of carboxylic acid groups (broad SMARTS) is 1. The third kappa shape index (κ3) is 5.77. The van der Waals surface area contributed by atoms with Gasteiger partial charge in [0.25, 0.3) is 15.9 Å². The number of nitrogens with one attached hydrogen (secondary N) is 1. The monoisotopic (exact) mass is 632 g/mol. The Kier molecular flexibility index (Phi) is 8.37. The minimum Gasteiger partial charge on any atom is -0.477 e. The maximum Gasteiger partial charge on any atom is 0.341 e. The number of anilines is 1. The number of aryl methyl sites for hydroxylation is 1.